The van der Waals surface area contributed by atoms with Gasteiger partial charge >= 0.3 is 0 Å². The van der Waals surface area contributed by atoms with Crippen molar-refractivity contribution in [3.05, 3.63) is 17.0 Å². The number of nitrogens with zero attached hydrogens (tertiary/aromatic N) is 3. The summed E-state index contributed by atoms with van der Waals surface area (Å²) in [5.74, 6) is 0.0907. The maximum Gasteiger partial charge on any atom is 0.223 e. The van der Waals surface area contributed by atoms with E-state index in [1.54, 1.807) is 4.90 Å². The third-order valence-corrected chi connectivity index (χ3v) is 6.15. The molecule has 1 atom stereocenters. The van der Waals surface area contributed by atoms with Gasteiger partial charge in [0.25, 0.3) is 0 Å². The Kier molecular flexibility index (Phi) is 5.80. The Hall–Kier alpha value is -1.44. The Balaban J connectivity index is 1.35. The molecule has 2 fully saturated rings. The Bertz CT molecular complexity index is 656. The van der Waals surface area contributed by atoms with Crippen LogP contribution in [-0.4, -0.2) is 82.5 Å². The van der Waals surface area contributed by atoms with Crippen LogP contribution < -0.4 is 0 Å². The predicted octanol–water partition coefficient (Wildman–Crippen LogP) is 0.907. The number of hydrogen-bond donors (Lipinski definition) is 2. The summed E-state index contributed by atoms with van der Waals surface area (Å²) in [5, 5.41) is 18.7. The van der Waals surface area contributed by atoms with Gasteiger partial charge in [-0.25, -0.2) is 0 Å². The summed E-state index contributed by atoms with van der Waals surface area (Å²) in [7, 11) is 0. The molecule has 1 aromatic heterocycles. The largest absolute Gasteiger partial charge is 0.384 e. The molecule has 0 aromatic carbocycles. The number of aryl methyl sites for hydroxylation is 2. The number of carbonyl (C=O) groups excluding carboxylic acids is 1. The quantitative estimate of drug-likeness (QED) is 0.798. The molecular weight excluding hydrogens is 344 g/mol. The zero-order valence-electron chi connectivity index (χ0n) is 16.2. The highest BCUT2D eigenvalue weighted by molar-refractivity contribution is 5.76. The predicted molar refractivity (Wildman–Crippen MR) is 102 cm³/mol. The van der Waals surface area contributed by atoms with Crippen molar-refractivity contribution in [2.24, 2.45) is 0 Å². The summed E-state index contributed by atoms with van der Waals surface area (Å²) in [6, 6.07) is 0. The van der Waals surface area contributed by atoms with Crippen LogP contribution in [0.1, 0.15) is 49.1 Å². The first kappa shape index (κ1) is 18.9. The van der Waals surface area contributed by atoms with E-state index >= 15 is 0 Å². The van der Waals surface area contributed by atoms with Crippen LogP contribution >= 0.6 is 0 Å². The van der Waals surface area contributed by atoms with Gasteiger partial charge in [0.05, 0.1) is 25.5 Å². The van der Waals surface area contributed by atoms with Crippen molar-refractivity contribution in [1.82, 2.24) is 20.0 Å². The number of nitrogens with one attached hydrogen (secondary N) is 1. The van der Waals surface area contributed by atoms with E-state index in [9.17, 15) is 9.90 Å². The summed E-state index contributed by atoms with van der Waals surface area (Å²) in [6.45, 7) is 4.36. The van der Waals surface area contributed by atoms with Gasteiger partial charge in [0, 0.05) is 31.6 Å². The van der Waals surface area contributed by atoms with Gasteiger partial charge in [-0.15, -0.1) is 0 Å². The smallest absolute Gasteiger partial charge is 0.223 e. The zero-order chi connectivity index (χ0) is 18.7. The van der Waals surface area contributed by atoms with Crippen molar-refractivity contribution < 1.29 is 14.6 Å². The SMILES string of the molecule is O=C(CCc1n[nH]c2c1CCCC2)N1CCOC[C@](O)(CN2CCCC2)C1. The number of rotatable bonds is 5. The molecule has 1 aliphatic carbocycles. The monoisotopic (exact) mass is 376 g/mol. The van der Waals surface area contributed by atoms with E-state index in [2.05, 4.69) is 15.1 Å². The molecule has 0 saturated carbocycles. The summed E-state index contributed by atoms with van der Waals surface area (Å²) in [5.41, 5.74) is 2.67. The topological polar surface area (TPSA) is 81.7 Å². The Morgan fingerprint density at radius 1 is 1.19 bits per heavy atom. The highest BCUT2D eigenvalue weighted by Crippen LogP contribution is 2.23. The standard InChI is InChI=1S/C20H32N4O3/c25-19(8-7-18-16-5-1-2-6-17(16)21-22-18)24-11-12-27-15-20(26,14-24)13-23-9-3-4-10-23/h26H,1-15H2,(H,21,22)/t20-/m0/s1. The lowest BCUT2D eigenvalue weighted by Gasteiger charge is -2.34. The van der Waals surface area contributed by atoms with Crippen LogP contribution in [0.4, 0.5) is 0 Å². The number of aromatic amines is 1. The number of fused-ring (bicyclic) bond motifs is 1. The second-order valence-corrected chi connectivity index (χ2v) is 8.41. The maximum atomic E-state index is 12.8. The summed E-state index contributed by atoms with van der Waals surface area (Å²) >= 11 is 0. The van der Waals surface area contributed by atoms with Gasteiger partial charge in [-0.2, -0.15) is 5.10 Å². The lowest BCUT2D eigenvalue weighted by molar-refractivity contribution is -0.134. The van der Waals surface area contributed by atoms with E-state index in [0.717, 1.165) is 31.6 Å². The molecule has 150 valence electrons. The van der Waals surface area contributed by atoms with E-state index in [0.29, 0.717) is 45.7 Å². The van der Waals surface area contributed by atoms with E-state index < -0.39 is 5.60 Å². The average Bonchev–Trinajstić information content (AvgIpc) is 3.27. The van der Waals surface area contributed by atoms with Gasteiger partial charge < -0.3 is 19.6 Å². The van der Waals surface area contributed by atoms with E-state index in [-0.39, 0.29) is 5.91 Å². The van der Waals surface area contributed by atoms with Gasteiger partial charge in [-0.05, 0) is 57.2 Å². The van der Waals surface area contributed by atoms with Crippen molar-refractivity contribution in [2.45, 2.75) is 57.0 Å². The number of likely N-dealkylation sites (tertiary alicyclic amines) is 1. The van der Waals surface area contributed by atoms with E-state index in [4.69, 9.17) is 4.74 Å². The Morgan fingerprint density at radius 3 is 2.85 bits per heavy atom. The second-order valence-electron chi connectivity index (χ2n) is 8.41. The molecule has 0 bridgehead atoms. The van der Waals surface area contributed by atoms with Crippen LogP contribution in [0.2, 0.25) is 0 Å². The van der Waals surface area contributed by atoms with Crippen molar-refractivity contribution in [3.63, 3.8) is 0 Å². The highest BCUT2D eigenvalue weighted by atomic mass is 16.5. The molecule has 7 nitrogen and oxygen atoms in total. The van der Waals surface area contributed by atoms with Gasteiger partial charge in [-0.1, -0.05) is 0 Å². The van der Waals surface area contributed by atoms with Crippen molar-refractivity contribution in [2.75, 3.05) is 45.9 Å². The molecule has 2 N–H and O–H groups in total. The van der Waals surface area contributed by atoms with Crippen LogP contribution in [0.15, 0.2) is 0 Å². The van der Waals surface area contributed by atoms with Crippen LogP contribution in [0.25, 0.3) is 0 Å². The van der Waals surface area contributed by atoms with Crippen molar-refractivity contribution in [3.8, 4) is 0 Å². The highest BCUT2D eigenvalue weighted by Gasteiger charge is 2.36. The molecule has 0 radical (unpaired) electrons. The molecule has 0 unspecified atom stereocenters. The minimum Gasteiger partial charge on any atom is -0.384 e. The lowest BCUT2D eigenvalue weighted by Crippen LogP contribution is -2.53. The fourth-order valence-corrected chi connectivity index (χ4v) is 4.72. The molecule has 27 heavy (non-hydrogen) atoms. The number of carbonyl (C=O) groups is 1. The summed E-state index contributed by atoms with van der Waals surface area (Å²) in [4.78, 5) is 16.9. The number of aromatic nitrogens is 2. The molecule has 1 aromatic rings. The van der Waals surface area contributed by atoms with Crippen LogP contribution in [-0.2, 0) is 28.8 Å². The first-order chi connectivity index (χ1) is 13.1. The van der Waals surface area contributed by atoms with Crippen molar-refractivity contribution in [1.29, 1.82) is 0 Å². The summed E-state index contributed by atoms with van der Waals surface area (Å²) < 4.78 is 5.64. The maximum absolute atomic E-state index is 12.8. The molecule has 4 rings (SSSR count). The number of β-amino-alcohol motifs (C(OH)–C–C–N with tert-alkyl or cyclic N) is 1. The second kappa shape index (κ2) is 8.29. The first-order valence-corrected chi connectivity index (χ1v) is 10.5. The summed E-state index contributed by atoms with van der Waals surface area (Å²) in [6.07, 6.45) is 8.06. The van der Waals surface area contributed by atoms with E-state index in [1.165, 1.54) is 36.9 Å². The lowest BCUT2D eigenvalue weighted by atomic mass is 9.94. The molecule has 2 saturated heterocycles. The molecule has 1 amide bonds. The zero-order valence-corrected chi connectivity index (χ0v) is 16.2. The number of amides is 1. The van der Waals surface area contributed by atoms with Gasteiger partial charge in [0.2, 0.25) is 5.91 Å². The number of H-pyrrole nitrogens is 1. The third kappa shape index (κ3) is 4.52. The van der Waals surface area contributed by atoms with Crippen LogP contribution in [0.5, 0.6) is 0 Å². The van der Waals surface area contributed by atoms with Gasteiger partial charge in [-0.3, -0.25) is 9.89 Å². The van der Waals surface area contributed by atoms with Crippen LogP contribution in [0, 0.1) is 0 Å². The Labute approximate surface area is 161 Å². The third-order valence-electron chi connectivity index (χ3n) is 6.15. The minimum atomic E-state index is -0.970. The van der Waals surface area contributed by atoms with E-state index in [1.807, 2.05) is 0 Å². The molecule has 7 heteroatoms. The fraction of sp³-hybridized carbons (Fsp3) is 0.800. The molecule has 0 spiro atoms. The molecular formula is C20H32N4O3. The number of aliphatic hydroxyl groups is 1. The van der Waals surface area contributed by atoms with Gasteiger partial charge in [0.1, 0.15) is 5.60 Å². The fourth-order valence-electron chi connectivity index (χ4n) is 4.72. The van der Waals surface area contributed by atoms with Crippen molar-refractivity contribution >= 4 is 5.91 Å². The molecule has 3 aliphatic rings. The average molecular weight is 377 g/mol. The van der Waals surface area contributed by atoms with Crippen LogP contribution in [0.3, 0.4) is 0 Å². The molecule has 3 heterocycles. The first-order valence-electron chi connectivity index (χ1n) is 10.5. The van der Waals surface area contributed by atoms with Gasteiger partial charge in [0.15, 0.2) is 0 Å². The number of ether oxygens (including phenoxy) is 1. The number of hydrogen-bond acceptors (Lipinski definition) is 5. The minimum absolute atomic E-state index is 0.0907. The molecule has 2 aliphatic heterocycles. The Morgan fingerprint density at radius 2 is 2.00 bits per heavy atom. The normalized spacial score (nSPS) is 26.8.